The van der Waals surface area contributed by atoms with Gasteiger partial charge in [-0.1, -0.05) is 23.5 Å². The molecule has 4 nitrogen and oxygen atoms in total. The summed E-state index contributed by atoms with van der Waals surface area (Å²) in [5.41, 5.74) is 4.43. The minimum Gasteiger partial charge on any atom is -0.484 e. The van der Waals surface area contributed by atoms with Gasteiger partial charge in [0.2, 0.25) is 0 Å². The second kappa shape index (κ2) is 6.38. The fourth-order valence-electron chi connectivity index (χ4n) is 2.24. The molecule has 0 bridgehead atoms. The third-order valence-electron chi connectivity index (χ3n) is 3.61. The Hall–Kier alpha value is -2.40. The number of hydrogen-bond donors (Lipinski definition) is 1. The van der Waals surface area contributed by atoms with Crippen LogP contribution in [0.5, 0.6) is 5.75 Å². The smallest absolute Gasteiger partial charge is 0.264 e. The van der Waals surface area contributed by atoms with Gasteiger partial charge in [-0.05, 0) is 61.7 Å². The van der Waals surface area contributed by atoms with Crippen LogP contribution in [0.4, 0.5) is 5.13 Å². The highest BCUT2D eigenvalue weighted by atomic mass is 32.1. The summed E-state index contributed by atoms with van der Waals surface area (Å²) >= 11 is 1.47. The van der Waals surface area contributed by atoms with Crippen LogP contribution < -0.4 is 10.1 Å². The summed E-state index contributed by atoms with van der Waals surface area (Å²) in [5, 5.41) is 3.40. The number of nitrogens with one attached hydrogen (secondary N) is 1. The van der Waals surface area contributed by atoms with E-state index in [0.717, 1.165) is 15.8 Å². The van der Waals surface area contributed by atoms with Crippen LogP contribution in [0.15, 0.2) is 36.4 Å². The Balaban J connectivity index is 1.65. The first-order valence-electron chi connectivity index (χ1n) is 7.38. The Morgan fingerprint density at radius 2 is 1.96 bits per heavy atom. The van der Waals surface area contributed by atoms with Gasteiger partial charge in [0.1, 0.15) is 5.75 Å². The maximum absolute atomic E-state index is 12.0. The third-order valence-corrected chi connectivity index (χ3v) is 4.54. The molecule has 1 N–H and O–H groups in total. The van der Waals surface area contributed by atoms with Crippen LogP contribution in [0.3, 0.4) is 0 Å². The normalized spacial score (nSPS) is 10.7. The van der Waals surface area contributed by atoms with Gasteiger partial charge in [0.25, 0.3) is 5.91 Å². The fourth-order valence-corrected chi connectivity index (χ4v) is 3.20. The van der Waals surface area contributed by atoms with Crippen molar-refractivity contribution in [1.82, 2.24) is 4.98 Å². The summed E-state index contributed by atoms with van der Waals surface area (Å²) in [5.74, 6) is 0.481. The maximum atomic E-state index is 12.0. The van der Waals surface area contributed by atoms with Crippen molar-refractivity contribution in [2.45, 2.75) is 20.8 Å². The number of amides is 1. The quantitative estimate of drug-likeness (QED) is 0.780. The summed E-state index contributed by atoms with van der Waals surface area (Å²) in [7, 11) is 0. The van der Waals surface area contributed by atoms with Crippen LogP contribution in [-0.2, 0) is 4.79 Å². The molecular formula is C18H18N2O2S. The molecule has 1 aromatic heterocycles. The highest BCUT2D eigenvalue weighted by Crippen LogP contribution is 2.28. The lowest BCUT2D eigenvalue weighted by Gasteiger charge is -2.06. The summed E-state index contributed by atoms with van der Waals surface area (Å²) < 4.78 is 6.57. The van der Waals surface area contributed by atoms with E-state index in [1.807, 2.05) is 37.3 Å². The molecule has 3 aromatic rings. The van der Waals surface area contributed by atoms with E-state index in [1.165, 1.54) is 22.5 Å². The first kappa shape index (κ1) is 15.5. The average Bonchev–Trinajstić information content (AvgIpc) is 2.87. The molecule has 118 valence electrons. The molecule has 0 saturated carbocycles. The van der Waals surface area contributed by atoms with Gasteiger partial charge < -0.3 is 4.74 Å². The van der Waals surface area contributed by atoms with E-state index in [1.54, 1.807) is 0 Å². The number of rotatable bonds is 4. The molecule has 0 aliphatic heterocycles. The molecule has 1 amide bonds. The number of ether oxygens (including phenoxy) is 1. The third kappa shape index (κ3) is 3.68. The lowest BCUT2D eigenvalue weighted by atomic mass is 10.1. The summed E-state index contributed by atoms with van der Waals surface area (Å²) in [6, 6.07) is 11.8. The maximum Gasteiger partial charge on any atom is 0.264 e. The molecule has 0 spiro atoms. The molecule has 0 fully saturated rings. The number of carbonyl (C=O) groups is 1. The monoisotopic (exact) mass is 326 g/mol. The minimum absolute atomic E-state index is 0.0303. The first-order valence-corrected chi connectivity index (χ1v) is 8.20. The van der Waals surface area contributed by atoms with Crippen molar-refractivity contribution in [3.8, 4) is 5.75 Å². The van der Waals surface area contributed by atoms with Crippen molar-refractivity contribution in [2.24, 2.45) is 0 Å². The van der Waals surface area contributed by atoms with Gasteiger partial charge in [0, 0.05) is 0 Å². The van der Waals surface area contributed by atoms with Crippen LogP contribution in [0.2, 0.25) is 0 Å². The van der Waals surface area contributed by atoms with Gasteiger partial charge >= 0.3 is 0 Å². The Labute approximate surface area is 139 Å². The molecule has 5 heteroatoms. The minimum atomic E-state index is -0.209. The number of carbonyl (C=O) groups excluding carboxylic acids is 1. The fraction of sp³-hybridized carbons (Fsp3) is 0.222. The molecule has 0 radical (unpaired) electrons. The standard InChI is InChI=1S/C18H18N2O2S/c1-11-5-4-6-14(7-11)22-10-17(21)20-18-19-15-8-12(2)13(3)9-16(15)23-18/h4-9H,10H2,1-3H3,(H,19,20,21). The van der Waals surface area contributed by atoms with Crippen molar-refractivity contribution in [1.29, 1.82) is 0 Å². The number of aromatic nitrogens is 1. The molecule has 0 saturated heterocycles. The Morgan fingerprint density at radius 1 is 1.17 bits per heavy atom. The lowest BCUT2D eigenvalue weighted by Crippen LogP contribution is -2.20. The summed E-state index contributed by atoms with van der Waals surface area (Å²) in [4.78, 5) is 16.5. The van der Waals surface area contributed by atoms with Crippen LogP contribution in [-0.4, -0.2) is 17.5 Å². The second-order valence-corrected chi connectivity index (χ2v) is 6.61. The van der Waals surface area contributed by atoms with E-state index in [0.29, 0.717) is 10.9 Å². The van der Waals surface area contributed by atoms with Gasteiger partial charge in [-0.3, -0.25) is 10.1 Å². The summed E-state index contributed by atoms with van der Waals surface area (Å²) in [6.45, 7) is 6.08. The zero-order valence-electron chi connectivity index (χ0n) is 13.3. The van der Waals surface area contributed by atoms with E-state index in [2.05, 4.69) is 30.2 Å². The topological polar surface area (TPSA) is 51.2 Å². The largest absolute Gasteiger partial charge is 0.484 e. The first-order chi connectivity index (χ1) is 11.0. The van der Waals surface area contributed by atoms with Crippen LogP contribution >= 0.6 is 11.3 Å². The Bertz CT molecular complexity index is 832. The highest BCUT2D eigenvalue weighted by Gasteiger charge is 2.09. The molecule has 23 heavy (non-hydrogen) atoms. The van der Waals surface area contributed by atoms with Crippen molar-refractivity contribution in [2.75, 3.05) is 11.9 Å². The van der Waals surface area contributed by atoms with Crippen LogP contribution in [0, 0.1) is 20.8 Å². The molecule has 0 atom stereocenters. The molecule has 0 aliphatic rings. The number of benzene rings is 2. The lowest BCUT2D eigenvalue weighted by molar-refractivity contribution is -0.118. The molecule has 1 heterocycles. The number of anilines is 1. The Morgan fingerprint density at radius 3 is 2.74 bits per heavy atom. The average molecular weight is 326 g/mol. The van der Waals surface area contributed by atoms with Crippen molar-refractivity contribution >= 4 is 32.6 Å². The molecule has 3 rings (SSSR count). The SMILES string of the molecule is Cc1cccc(OCC(=O)Nc2nc3cc(C)c(C)cc3s2)c1. The molecular weight excluding hydrogens is 308 g/mol. The molecule has 0 unspecified atom stereocenters. The number of hydrogen-bond acceptors (Lipinski definition) is 4. The van der Waals surface area contributed by atoms with E-state index >= 15 is 0 Å². The molecule has 2 aromatic carbocycles. The van der Waals surface area contributed by atoms with Gasteiger partial charge in [0.15, 0.2) is 11.7 Å². The number of thiazole rings is 1. The van der Waals surface area contributed by atoms with Gasteiger partial charge in [-0.25, -0.2) is 4.98 Å². The summed E-state index contributed by atoms with van der Waals surface area (Å²) in [6.07, 6.45) is 0. The zero-order chi connectivity index (χ0) is 16.4. The van der Waals surface area contributed by atoms with Gasteiger partial charge in [-0.15, -0.1) is 0 Å². The number of nitrogens with zero attached hydrogens (tertiary/aromatic N) is 1. The number of fused-ring (bicyclic) bond motifs is 1. The van der Waals surface area contributed by atoms with E-state index in [9.17, 15) is 4.79 Å². The van der Waals surface area contributed by atoms with Crippen LogP contribution in [0.1, 0.15) is 16.7 Å². The van der Waals surface area contributed by atoms with Gasteiger partial charge in [0.05, 0.1) is 10.2 Å². The number of aryl methyl sites for hydroxylation is 3. The van der Waals surface area contributed by atoms with E-state index in [-0.39, 0.29) is 12.5 Å². The van der Waals surface area contributed by atoms with E-state index < -0.39 is 0 Å². The molecule has 0 aliphatic carbocycles. The predicted molar refractivity (Wildman–Crippen MR) is 94.4 cm³/mol. The predicted octanol–water partition coefficient (Wildman–Crippen LogP) is 4.24. The van der Waals surface area contributed by atoms with Crippen LogP contribution in [0.25, 0.3) is 10.2 Å². The van der Waals surface area contributed by atoms with E-state index in [4.69, 9.17) is 4.74 Å². The zero-order valence-corrected chi connectivity index (χ0v) is 14.2. The van der Waals surface area contributed by atoms with Crippen molar-refractivity contribution in [3.63, 3.8) is 0 Å². The van der Waals surface area contributed by atoms with Crippen molar-refractivity contribution in [3.05, 3.63) is 53.1 Å². The van der Waals surface area contributed by atoms with Crippen molar-refractivity contribution < 1.29 is 9.53 Å². The van der Waals surface area contributed by atoms with Gasteiger partial charge in [-0.2, -0.15) is 0 Å². The second-order valence-electron chi connectivity index (χ2n) is 5.58. The Kier molecular flexibility index (Phi) is 4.30. The highest BCUT2D eigenvalue weighted by molar-refractivity contribution is 7.22.